The van der Waals surface area contributed by atoms with E-state index in [4.69, 9.17) is 16.0 Å². The first-order valence-electron chi connectivity index (χ1n) is 6.29. The maximum atomic E-state index is 12.6. The number of benzene rings is 1. The lowest BCUT2D eigenvalue weighted by Gasteiger charge is -2.33. The summed E-state index contributed by atoms with van der Waals surface area (Å²) in [5, 5.41) is 0.153. The molecule has 1 atom stereocenters. The van der Waals surface area contributed by atoms with Gasteiger partial charge < -0.3 is 9.32 Å². The molecule has 2 aromatic rings. The number of carbonyl (C=O) groups is 1. The predicted octanol–water partition coefficient (Wildman–Crippen LogP) is 3.77. The Bertz CT molecular complexity index is 620. The van der Waals surface area contributed by atoms with Gasteiger partial charge in [-0.2, -0.15) is 0 Å². The Kier molecular flexibility index (Phi) is 3.07. The van der Waals surface area contributed by atoms with Crippen LogP contribution in [0.25, 0.3) is 0 Å². The second kappa shape index (κ2) is 4.74. The molecule has 0 spiro atoms. The minimum atomic E-state index is -0.0993. The third-order valence-electron chi connectivity index (χ3n) is 3.44. The summed E-state index contributed by atoms with van der Waals surface area (Å²) in [5.41, 5.74) is 2.60. The van der Waals surface area contributed by atoms with Crippen LogP contribution in [-0.2, 0) is 6.42 Å². The number of hydrogen-bond acceptors (Lipinski definition) is 2. The van der Waals surface area contributed by atoms with Gasteiger partial charge >= 0.3 is 0 Å². The summed E-state index contributed by atoms with van der Waals surface area (Å²) in [5.74, 6) is 0.335. The van der Waals surface area contributed by atoms with Gasteiger partial charge in [0.15, 0.2) is 0 Å². The van der Waals surface area contributed by atoms with E-state index in [9.17, 15) is 4.79 Å². The van der Waals surface area contributed by atoms with Gasteiger partial charge in [0.05, 0.1) is 11.8 Å². The molecule has 19 heavy (non-hydrogen) atoms. The van der Waals surface area contributed by atoms with Crippen molar-refractivity contribution >= 4 is 23.2 Å². The van der Waals surface area contributed by atoms with Gasteiger partial charge in [-0.1, -0.05) is 25.1 Å². The largest absolute Gasteiger partial charge is 0.452 e. The van der Waals surface area contributed by atoms with E-state index in [2.05, 4.69) is 13.0 Å². The van der Waals surface area contributed by atoms with Crippen molar-refractivity contribution in [2.75, 3.05) is 11.4 Å². The molecule has 1 aromatic heterocycles. The molecule has 0 fully saturated rings. The zero-order chi connectivity index (χ0) is 13.4. The number of halogens is 1. The zero-order valence-electron chi connectivity index (χ0n) is 10.6. The summed E-state index contributed by atoms with van der Waals surface area (Å²) in [4.78, 5) is 14.4. The topological polar surface area (TPSA) is 33.5 Å². The highest BCUT2D eigenvalue weighted by molar-refractivity contribution is 6.32. The van der Waals surface area contributed by atoms with E-state index >= 15 is 0 Å². The first-order valence-corrected chi connectivity index (χ1v) is 6.67. The second-order valence-electron chi connectivity index (χ2n) is 4.96. The number of fused-ring (bicyclic) bond motifs is 1. The van der Waals surface area contributed by atoms with Gasteiger partial charge in [0.2, 0.25) is 5.22 Å². The molecule has 3 nitrogen and oxygen atoms in total. The standard InChI is InChI=1S/C15H14ClNO2/c1-10-8-11-4-2-3-5-13(11)17(9-10)15(18)12-6-7-19-14(12)16/h2-7,10H,8-9H2,1H3. The fourth-order valence-electron chi connectivity index (χ4n) is 2.58. The lowest BCUT2D eigenvalue weighted by Crippen LogP contribution is -2.39. The monoisotopic (exact) mass is 275 g/mol. The van der Waals surface area contributed by atoms with E-state index < -0.39 is 0 Å². The Labute approximate surface area is 116 Å². The number of hydrogen-bond donors (Lipinski definition) is 0. The molecule has 1 aliphatic heterocycles. The van der Waals surface area contributed by atoms with E-state index in [-0.39, 0.29) is 11.1 Å². The van der Waals surface area contributed by atoms with Gasteiger partial charge in [0.1, 0.15) is 0 Å². The number of rotatable bonds is 1. The van der Waals surface area contributed by atoms with Crippen LogP contribution < -0.4 is 4.90 Å². The van der Waals surface area contributed by atoms with E-state index in [1.54, 1.807) is 11.0 Å². The molecule has 0 saturated carbocycles. The highest BCUT2D eigenvalue weighted by Crippen LogP contribution is 2.31. The summed E-state index contributed by atoms with van der Waals surface area (Å²) in [6.45, 7) is 2.85. The van der Waals surface area contributed by atoms with Crippen molar-refractivity contribution in [1.29, 1.82) is 0 Å². The minimum Gasteiger partial charge on any atom is -0.452 e. The van der Waals surface area contributed by atoms with Crippen molar-refractivity contribution in [3.8, 4) is 0 Å². The Morgan fingerprint density at radius 3 is 2.89 bits per heavy atom. The molecular formula is C15H14ClNO2. The molecule has 1 aliphatic rings. The van der Waals surface area contributed by atoms with Crippen LogP contribution in [0, 0.1) is 5.92 Å². The van der Waals surface area contributed by atoms with Gasteiger partial charge in [-0.25, -0.2) is 0 Å². The summed E-state index contributed by atoms with van der Waals surface area (Å²) < 4.78 is 5.01. The molecule has 1 unspecified atom stereocenters. The highest BCUT2D eigenvalue weighted by atomic mass is 35.5. The summed E-state index contributed by atoms with van der Waals surface area (Å²) in [7, 11) is 0. The van der Waals surface area contributed by atoms with Crippen molar-refractivity contribution < 1.29 is 9.21 Å². The molecule has 0 saturated heterocycles. The Morgan fingerprint density at radius 2 is 2.16 bits per heavy atom. The van der Waals surface area contributed by atoms with Gasteiger partial charge in [0.25, 0.3) is 5.91 Å². The molecule has 98 valence electrons. The fraction of sp³-hybridized carbons (Fsp3) is 0.267. The van der Waals surface area contributed by atoms with E-state index in [1.165, 1.54) is 11.8 Å². The van der Waals surface area contributed by atoms with Crippen molar-refractivity contribution in [3.63, 3.8) is 0 Å². The molecule has 0 radical (unpaired) electrons. The number of carbonyl (C=O) groups excluding carboxylic acids is 1. The molecular weight excluding hydrogens is 262 g/mol. The van der Waals surface area contributed by atoms with E-state index in [0.29, 0.717) is 18.0 Å². The average molecular weight is 276 g/mol. The maximum Gasteiger partial charge on any atom is 0.263 e. The van der Waals surface area contributed by atoms with Crippen molar-refractivity contribution in [1.82, 2.24) is 0 Å². The van der Waals surface area contributed by atoms with Gasteiger partial charge in [-0.05, 0) is 41.6 Å². The summed E-state index contributed by atoms with van der Waals surface area (Å²) in [6.07, 6.45) is 2.44. The molecule has 0 aliphatic carbocycles. The van der Waals surface area contributed by atoms with Crippen LogP contribution in [0.4, 0.5) is 5.69 Å². The van der Waals surface area contributed by atoms with Crippen molar-refractivity contribution in [2.24, 2.45) is 5.92 Å². The Hall–Kier alpha value is -1.74. The lowest BCUT2D eigenvalue weighted by atomic mass is 9.93. The van der Waals surface area contributed by atoms with Crippen LogP contribution in [0.5, 0.6) is 0 Å². The highest BCUT2D eigenvalue weighted by Gasteiger charge is 2.28. The van der Waals surface area contributed by atoms with Crippen molar-refractivity contribution in [3.05, 3.63) is 52.9 Å². The fourth-order valence-corrected chi connectivity index (χ4v) is 2.78. The average Bonchev–Trinajstić information content (AvgIpc) is 2.83. The van der Waals surface area contributed by atoms with Gasteiger partial charge in [-0.15, -0.1) is 0 Å². The molecule has 1 amide bonds. The van der Waals surface area contributed by atoms with Crippen LogP contribution in [0.2, 0.25) is 5.22 Å². The molecule has 3 rings (SSSR count). The summed E-state index contributed by atoms with van der Waals surface area (Å²) in [6, 6.07) is 9.62. The van der Waals surface area contributed by atoms with Gasteiger partial charge in [0, 0.05) is 12.2 Å². The molecule has 0 N–H and O–H groups in total. The van der Waals surface area contributed by atoms with Crippen LogP contribution in [0.1, 0.15) is 22.8 Å². The molecule has 0 bridgehead atoms. The smallest absolute Gasteiger partial charge is 0.263 e. The maximum absolute atomic E-state index is 12.6. The van der Waals surface area contributed by atoms with E-state index in [1.807, 2.05) is 18.2 Å². The van der Waals surface area contributed by atoms with Crippen LogP contribution in [0.15, 0.2) is 41.0 Å². The lowest BCUT2D eigenvalue weighted by molar-refractivity contribution is 0.0980. The zero-order valence-corrected chi connectivity index (χ0v) is 11.4. The molecule has 2 heterocycles. The third-order valence-corrected chi connectivity index (χ3v) is 3.73. The Morgan fingerprint density at radius 1 is 1.37 bits per heavy atom. The normalized spacial score (nSPS) is 18.2. The minimum absolute atomic E-state index is 0.0993. The predicted molar refractivity (Wildman–Crippen MR) is 74.7 cm³/mol. The first kappa shape index (κ1) is 12.3. The first-order chi connectivity index (χ1) is 9.16. The number of furan rings is 1. The SMILES string of the molecule is CC1Cc2ccccc2N(C(=O)c2ccoc2Cl)C1. The van der Waals surface area contributed by atoms with Crippen LogP contribution in [0.3, 0.4) is 0 Å². The third kappa shape index (κ3) is 2.15. The number of amides is 1. The van der Waals surface area contributed by atoms with Crippen LogP contribution >= 0.6 is 11.6 Å². The van der Waals surface area contributed by atoms with Gasteiger partial charge in [-0.3, -0.25) is 4.79 Å². The quantitative estimate of drug-likeness (QED) is 0.794. The number of nitrogens with zero attached hydrogens (tertiary/aromatic N) is 1. The number of anilines is 1. The summed E-state index contributed by atoms with van der Waals surface area (Å²) >= 11 is 5.90. The van der Waals surface area contributed by atoms with Crippen molar-refractivity contribution in [2.45, 2.75) is 13.3 Å². The second-order valence-corrected chi connectivity index (χ2v) is 5.31. The van der Waals surface area contributed by atoms with Crippen LogP contribution in [-0.4, -0.2) is 12.5 Å². The van der Waals surface area contributed by atoms with E-state index in [0.717, 1.165) is 12.1 Å². The number of para-hydroxylation sites is 1. The molecule has 1 aromatic carbocycles. The molecule has 4 heteroatoms. The Balaban J connectivity index is 2.02.